The molecular weight excluding hydrogens is 395 g/mol. The number of furan rings is 1. The number of H-pyrrole nitrogens is 1. The summed E-state index contributed by atoms with van der Waals surface area (Å²) in [5.41, 5.74) is 2.63. The largest absolute Gasteiger partial charge is 0.459 e. The zero-order valence-electron chi connectivity index (χ0n) is 16.2. The van der Waals surface area contributed by atoms with Gasteiger partial charge in [0.25, 0.3) is 0 Å². The SMILES string of the molecule is Cc1c([C@@H](Nc2nc3ccc(S(N)(=O)=O)cc3[nH]2)C(C)C)oc2ccc(F)cc12. The third-order valence-electron chi connectivity index (χ3n) is 4.96. The normalized spacial score (nSPS) is 13.4. The van der Waals surface area contributed by atoms with Gasteiger partial charge in [-0.2, -0.15) is 0 Å². The molecule has 0 aliphatic rings. The predicted octanol–water partition coefficient (Wildman–Crippen LogP) is 4.21. The highest BCUT2D eigenvalue weighted by Crippen LogP contribution is 2.35. The third kappa shape index (κ3) is 3.58. The van der Waals surface area contributed by atoms with Crippen molar-refractivity contribution in [2.45, 2.75) is 31.7 Å². The Kier molecular flexibility index (Phi) is 4.59. The number of hydrogen-bond donors (Lipinski definition) is 3. The van der Waals surface area contributed by atoms with E-state index in [1.165, 1.54) is 24.3 Å². The van der Waals surface area contributed by atoms with Gasteiger partial charge in [-0.15, -0.1) is 0 Å². The zero-order chi connectivity index (χ0) is 20.9. The summed E-state index contributed by atoms with van der Waals surface area (Å²) in [7, 11) is -3.80. The summed E-state index contributed by atoms with van der Waals surface area (Å²) in [5.74, 6) is 0.986. The van der Waals surface area contributed by atoms with Crippen LogP contribution in [0.5, 0.6) is 0 Å². The van der Waals surface area contributed by atoms with E-state index in [1.54, 1.807) is 12.1 Å². The first-order valence-corrected chi connectivity index (χ1v) is 10.7. The van der Waals surface area contributed by atoms with Crippen LogP contribution in [0.3, 0.4) is 0 Å². The van der Waals surface area contributed by atoms with Gasteiger partial charge in [-0.1, -0.05) is 13.8 Å². The molecule has 0 saturated heterocycles. The summed E-state index contributed by atoms with van der Waals surface area (Å²) in [4.78, 5) is 7.57. The van der Waals surface area contributed by atoms with Crippen molar-refractivity contribution in [2.75, 3.05) is 5.32 Å². The second-order valence-electron chi connectivity index (χ2n) is 7.41. The molecule has 2 aromatic carbocycles. The number of aromatic amines is 1. The highest BCUT2D eigenvalue weighted by molar-refractivity contribution is 7.89. The first kappa shape index (κ1) is 19.4. The number of imidazole rings is 1. The quantitative estimate of drug-likeness (QED) is 0.451. The summed E-state index contributed by atoms with van der Waals surface area (Å²) in [6, 6.07) is 8.68. The van der Waals surface area contributed by atoms with Crippen LogP contribution in [0, 0.1) is 18.7 Å². The molecule has 0 spiro atoms. The Balaban J connectivity index is 1.73. The van der Waals surface area contributed by atoms with Gasteiger partial charge >= 0.3 is 0 Å². The number of aromatic nitrogens is 2. The molecule has 0 fully saturated rings. The monoisotopic (exact) mass is 416 g/mol. The van der Waals surface area contributed by atoms with Gasteiger partial charge in [-0.3, -0.25) is 0 Å². The molecule has 2 heterocycles. The lowest BCUT2D eigenvalue weighted by Crippen LogP contribution is -2.17. The molecule has 0 amide bonds. The second-order valence-corrected chi connectivity index (χ2v) is 8.97. The Morgan fingerprint density at radius 1 is 1.21 bits per heavy atom. The molecular formula is C20H21FN4O3S. The Morgan fingerprint density at radius 3 is 2.66 bits per heavy atom. The molecule has 0 bridgehead atoms. The fourth-order valence-corrected chi connectivity index (χ4v) is 3.96. The summed E-state index contributed by atoms with van der Waals surface area (Å²) >= 11 is 0. The first-order valence-electron chi connectivity index (χ1n) is 9.11. The number of aryl methyl sites for hydroxylation is 1. The molecule has 0 saturated carbocycles. The summed E-state index contributed by atoms with van der Waals surface area (Å²) in [6.07, 6.45) is 0. The number of nitrogens with one attached hydrogen (secondary N) is 2. The third-order valence-corrected chi connectivity index (χ3v) is 5.87. The van der Waals surface area contributed by atoms with E-state index >= 15 is 0 Å². The van der Waals surface area contributed by atoms with Gasteiger partial charge < -0.3 is 14.7 Å². The van der Waals surface area contributed by atoms with Crippen molar-refractivity contribution in [3.63, 3.8) is 0 Å². The summed E-state index contributed by atoms with van der Waals surface area (Å²) in [6.45, 7) is 5.97. The minimum atomic E-state index is -3.80. The average molecular weight is 416 g/mol. The van der Waals surface area contributed by atoms with Gasteiger partial charge in [0.15, 0.2) is 0 Å². The van der Waals surface area contributed by atoms with Crippen LogP contribution in [0.15, 0.2) is 45.7 Å². The Labute approximate surface area is 167 Å². The van der Waals surface area contributed by atoms with E-state index in [0.717, 1.165) is 10.9 Å². The highest BCUT2D eigenvalue weighted by Gasteiger charge is 2.25. The number of primary sulfonamides is 1. The van der Waals surface area contributed by atoms with Crippen LogP contribution in [0.2, 0.25) is 0 Å². The van der Waals surface area contributed by atoms with Gasteiger partial charge in [0.1, 0.15) is 17.2 Å². The van der Waals surface area contributed by atoms with Crippen LogP contribution in [0.1, 0.15) is 31.2 Å². The summed E-state index contributed by atoms with van der Waals surface area (Å²) in [5, 5.41) is 9.25. The van der Waals surface area contributed by atoms with Crippen LogP contribution >= 0.6 is 0 Å². The molecule has 7 nitrogen and oxygen atoms in total. The van der Waals surface area contributed by atoms with Gasteiger partial charge in [0.05, 0.1) is 22.0 Å². The predicted molar refractivity (Wildman–Crippen MR) is 110 cm³/mol. The molecule has 1 atom stereocenters. The lowest BCUT2D eigenvalue weighted by molar-refractivity contribution is 0.435. The molecule has 0 radical (unpaired) electrons. The van der Waals surface area contributed by atoms with Gasteiger partial charge in [0, 0.05) is 10.9 Å². The van der Waals surface area contributed by atoms with Gasteiger partial charge in [-0.05, 0) is 49.2 Å². The molecule has 29 heavy (non-hydrogen) atoms. The smallest absolute Gasteiger partial charge is 0.238 e. The number of hydrogen-bond acceptors (Lipinski definition) is 5. The Hall–Kier alpha value is -2.91. The van der Waals surface area contributed by atoms with E-state index in [4.69, 9.17) is 9.56 Å². The minimum absolute atomic E-state index is 0.00997. The van der Waals surface area contributed by atoms with Crippen molar-refractivity contribution in [1.29, 1.82) is 0 Å². The number of nitrogens with zero attached hydrogens (tertiary/aromatic N) is 1. The van der Waals surface area contributed by atoms with Crippen LogP contribution in [-0.2, 0) is 10.0 Å². The minimum Gasteiger partial charge on any atom is -0.459 e. The number of nitrogens with two attached hydrogens (primary N) is 1. The highest BCUT2D eigenvalue weighted by atomic mass is 32.2. The topological polar surface area (TPSA) is 114 Å². The second kappa shape index (κ2) is 6.85. The Morgan fingerprint density at radius 2 is 1.97 bits per heavy atom. The number of rotatable bonds is 5. The number of fused-ring (bicyclic) bond motifs is 2. The van der Waals surface area contributed by atoms with Crippen LogP contribution < -0.4 is 10.5 Å². The molecule has 4 N–H and O–H groups in total. The number of sulfonamides is 1. The molecule has 0 aliphatic heterocycles. The van der Waals surface area contributed by atoms with Crippen molar-refractivity contribution < 1.29 is 17.2 Å². The molecule has 152 valence electrons. The van der Waals surface area contributed by atoms with E-state index in [-0.39, 0.29) is 22.7 Å². The van der Waals surface area contributed by atoms with E-state index in [9.17, 15) is 12.8 Å². The van der Waals surface area contributed by atoms with Crippen LogP contribution in [0.4, 0.5) is 10.3 Å². The van der Waals surface area contributed by atoms with Crippen molar-refractivity contribution >= 4 is 38.0 Å². The van der Waals surface area contributed by atoms with Crippen molar-refractivity contribution in [2.24, 2.45) is 11.1 Å². The number of benzene rings is 2. The van der Waals surface area contributed by atoms with E-state index in [1.807, 2.05) is 20.8 Å². The maximum Gasteiger partial charge on any atom is 0.238 e. The molecule has 9 heteroatoms. The molecule has 0 aliphatic carbocycles. The zero-order valence-corrected chi connectivity index (χ0v) is 17.0. The maximum absolute atomic E-state index is 13.6. The van der Waals surface area contributed by atoms with Gasteiger partial charge in [-0.25, -0.2) is 22.9 Å². The van der Waals surface area contributed by atoms with E-state index in [0.29, 0.717) is 28.3 Å². The van der Waals surface area contributed by atoms with Crippen LogP contribution in [0.25, 0.3) is 22.0 Å². The first-order chi connectivity index (χ1) is 13.6. The van der Waals surface area contributed by atoms with Crippen molar-refractivity contribution in [1.82, 2.24) is 9.97 Å². The molecule has 4 aromatic rings. The Bertz CT molecular complexity index is 1320. The molecule has 0 unspecified atom stereocenters. The van der Waals surface area contributed by atoms with Crippen molar-refractivity contribution in [3.05, 3.63) is 53.5 Å². The lowest BCUT2D eigenvalue weighted by Gasteiger charge is -2.20. The van der Waals surface area contributed by atoms with E-state index in [2.05, 4.69) is 15.3 Å². The average Bonchev–Trinajstić information content (AvgIpc) is 3.19. The lowest BCUT2D eigenvalue weighted by atomic mass is 9.98. The van der Waals surface area contributed by atoms with Crippen molar-refractivity contribution in [3.8, 4) is 0 Å². The number of anilines is 1. The van der Waals surface area contributed by atoms with Gasteiger partial charge in [0.2, 0.25) is 16.0 Å². The summed E-state index contributed by atoms with van der Waals surface area (Å²) < 4.78 is 42.8. The van der Waals surface area contributed by atoms with E-state index < -0.39 is 10.0 Å². The molecule has 4 rings (SSSR count). The fraction of sp³-hybridized carbons (Fsp3) is 0.250. The number of halogens is 1. The maximum atomic E-state index is 13.6. The van der Waals surface area contributed by atoms with Crippen LogP contribution in [-0.4, -0.2) is 18.4 Å². The standard InChI is InChI=1S/C20H21FN4O3S/c1-10(2)18(19-11(3)14-8-12(21)4-7-17(14)28-19)25-20-23-15-6-5-13(29(22,26)27)9-16(15)24-20/h4-10,18H,1-3H3,(H2,22,26,27)(H2,23,24,25)/t18-/m0/s1. The molecule has 2 aromatic heterocycles. The fourth-order valence-electron chi connectivity index (χ4n) is 3.43.